The highest BCUT2D eigenvalue weighted by Gasteiger charge is 2.18. The van der Waals surface area contributed by atoms with Gasteiger partial charge in [-0.3, -0.25) is 11.3 Å². The number of hydrogen-bond acceptors (Lipinski definition) is 3. The van der Waals surface area contributed by atoms with E-state index in [1.807, 2.05) is 6.07 Å². The maximum atomic E-state index is 5.65. The van der Waals surface area contributed by atoms with Crippen LogP contribution in [0, 0.1) is 0 Å². The smallest absolute Gasteiger partial charge is 0.0576 e. The number of hydrazine groups is 1. The van der Waals surface area contributed by atoms with Crippen molar-refractivity contribution in [1.82, 2.24) is 5.43 Å². The van der Waals surface area contributed by atoms with E-state index in [-0.39, 0.29) is 0 Å². The van der Waals surface area contributed by atoms with Crippen LogP contribution in [0.2, 0.25) is 0 Å². The van der Waals surface area contributed by atoms with Gasteiger partial charge >= 0.3 is 0 Å². The maximum absolute atomic E-state index is 5.65. The minimum Gasteiger partial charge on any atom is -0.378 e. The highest BCUT2D eigenvalue weighted by molar-refractivity contribution is 9.10. The van der Waals surface area contributed by atoms with Crippen molar-refractivity contribution >= 4 is 15.9 Å². The van der Waals surface area contributed by atoms with Crippen LogP contribution < -0.4 is 11.3 Å². The predicted octanol–water partition coefficient (Wildman–Crippen LogP) is 2.78. The Morgan fingerprint density at radius 2 is 2.28 bits per heavy atom. The Bertz CT molecular complexity index is 367. The molecule has 1 aliphatic heterocycles. The zero-order valence-corrected chi connectivity index (χ0v) is 12.2. The molecule has 18 heavy (non-hydrogen) atoms. The summed E-state index contributed by atoms with van der Waals surface area (Å²) in [5.74, 6) is 5.65. The molecule has 1 aliphatic rings. The van der Waals surface area contributed by atoms with E-state index in [9.17, 15) is 0 Å². The lowest BCUT2D eigenvalue weighted by molar-refractivity contribution is 0.0996. The Morgan fingerprint density at radius 3 is 2.94 bits per heavy atom. The zero-order chi connectivity index (χ0) is 12.8. The van der Waals surface area contributed by atoms with E-state index in [2.05, 4.69) is 39.6 Å². The number of rotatable bonds is 6. The van der Waals surface area contributed by atoms with Crippen LogP contribution in [0.25, 0.3) is 0 Å². The SMILES string of the molecule is NNC(CCC1CCCO1)Cc1ccccc1Br. The fourth-order valence-electron chi connectivity index (χ4n) is 2.43. The second-order valence-electron chi connectivity index (χ2n) is 4.87. The van der Waals surface area contributed by atoms with Crippen LogP contribution in [-0.2, 0) is 11.2 Å². The number of ether oxygens (including phenoxy) is 1. The molecule has 0 aromatic heterocycles. The Labute approximate surface area is 117 Å². The third kappa shape index (κ3) is 4.05. The van der Waals surface area contributed by atoms with E-state index in [0.717, 1.165) is 30.3 Å². The highest BCUT2D eigenvalue weighted by atomic mass is 79.9. The average molecular weight is 313 g/mol. The molecule has 0 aliphatic carbocycles. The lowest BCUT2D eigenvalue weighted by atomic mass is 10.00. The summed E-state index contributed by atoms with van der Waals surface area (Å²) < 4.78 is 6.80. The van der Waals surface area contributed by atoms with Crippen LogP contribution >= 0.6 is 15.9 Å². The molecule has 0 spiro atoms. The van der Waals surface area contributed by atoms with Crippen molar-refractivity contribution in [3.63, 3.8) is 0 Å². The first-order chi connectivity index (χ1) is 8.79. The van der Waals surface area contributed by atoms with Gasteiger partial charge in [0.25, 0.3) is 0 Å². The van der Waals surface area contributed by atoms with E-state index in [0.29, 0.717) is 12.1 Å². The van der Waals surface area contributed by atoms with Crippen LogP contribution in [0.5, 0.6) is 0 Å². The van der Waals surface area contributed by atoms with Crippen molar-refractivity contribution in [2.24, 2.45) is 5.84 Å². The van der Waals surface area contributed by atoms with Gasteiger partial charge < -0.3 is 4.74 Å². The van der Waals surface area contributed by atoms with E-state index >= 15 is 0 Å². The van der Waals surface area contributed by atoms with Gasteiger partial charge in [0.05, 0.1) is 6.10 Å². The molecule has 1 heterocycles. The van der Waals surface area contributed by atoms with Gasteiger partial charge in [-0.25, -0.2) is 0 Å². The number of halogens is 1. The Balaban J connectivity index is 1.83. The minimum atomic E-state index is 0.313. The zero-order valence-electron chi connectivity index (χ0n) is 10.6. The summed E-state index contributed by atoms with van der Waals surface area (Å²) >= 11 is 3.58. The molecule has 2 atom stereocenters. The molecule has 0 saturated carbocycles. The van der Waals surface area contributed by atoms with E-state index in [1.165, 1.54) is 18.4 Å². The molecule has 2 rings (SSSR count). The molecule has 1 aromatic carbocycles. The van der Waals surface area contributed by atoms with Gasteiger partial charge in [0, 0.05) is 17.1 Å². The summed E-state index contributed by atoms with van der Waals surface area (Å²) in [4.78, 5) is 0. The fourth-order valence-corrected chi connectivity index (χ4v) is 2.88. The predicted molar refractivity (Wildman–Crippen MR) is 77.2 cm³/mol. The minimum absolute atomic E-state index is 0.313. The largest absolute Gasteiger partial charge is 0.378 e. The van der Waals surface area contributed by atoms with Gasteiger partial charge in [0.15, 0.2) is 0 Å². The van der Waals surface area contributed by atoms with Crippen molar-refractivity contribution in [2.75, 3.05) is 6.61 Å². The summed E-state index contributed by atoms with van der Waals surface area (Å²) in [5.41, 5.74) is 4.22. The van der Waals surface area contributed by atoms with E-state index < -0.39 is 0 Å². The van der Waals surface area contributed by atoms with Crippen LogP contribution in [0.15, 0.2) is 28.7 Å². The van der Waals surface area contributed by atoms with Gasteiger partial charge in [0.2, 0.25) is 0 Å². The summed E-state index contributed by atoms with van der Waals surface area (Å²) in [7, 11) is 0. The standard InChI is InChI=1S/C14H21BrN2O/c15-14-6-2-1-4-11(14)10-12(17-16)7-8-13-5-3-9-18-13/h1-2,4,6,12-13,17H,3,5,7-10,16H2. The molecular formula is C14H21BrN2O. The van der Waals surface area contributed by atoms with Gasteiger partial charge in [-0.1, -0.05) is 34.1 Å². The molecule has 1 aromatic rings. The van der Waals surface area contributed by atoms with E-state index in [4.69, 9.17) is 10.6 Å². The molecule has 4 heteroatoms. The van der Waals surface area contributed by atoms with Gasteiger partial charge in [-0.05, 0) is 43.7 Å². The Hall–Kier alpha value is -0.420. The normalized spacial score (nSPS) is 21.1. The van der Waals surface area contributed by atoms with Crippen LogP contribution in [0.3, 0.4) is 0 Å². The Morgan fingerprint density at radius 1 is 1.44 bits per heavy atom. The van der Waals surface area contributed by atoms with Crippen molar-refractivity contribution in [1.29, 1.82) is 0 Å². The van der Waals surface area contributed by atoms with Crippen molar-refractivity contribution in [3.8, 4) is 0 Å². The first kappa shape index (κ1) is 14.0. The second-order valence-corrected chi connectivity index (χ2v) is 5.73. The first-order valence-corrected chi connectivity index (χ1v) is 7.40. The topological polar surface area (TPSA) is 47.3 Å². The summed E-state index contributed by atoms with van der Waals surface area (Å²) in [6.45, 7) is 0.926. The molecule has 3 nitrogen and oxygen atoms in total. The van der Waals surface area contributed by atoms with Gasteiger partial charge in [0.1, 0.15) is 0 Å². The molecule has 2 unspecified atom stereocenters. The lowest BCUT2D eigenvalue weighted by Gasteiger charge is -2.18. The molecule has 0 amide bonds. The fraction of sp³-hybridized carbons (Fsp3) is 0.571. The molecule has 0 bridgehead atoms. The molecule has 100 valence electrons. The second kappa shape index (κ2) is 7.24. The average Bonchev–Trinajstić information content (AvgIpc) is 2.90. The molecule has 3 N–H and O–H groups in total. The molecule has 0 radical (unpaired) electrons. The van der Waals surface area contributed by atoms with Crippen molar-refractivity contribution in [3.05, 3.63) is 34.3 Å². The number of benzene rings is 1. The van der Waals surface area contributed by atoms with Crippen LogP contribution in [0.1, 0.15) is 31.2 Å². The van der Waals surface area contributed by atoms with Crippen molar-refractivity contribution in [2.45, 2.75) is 44.2 Å². The van der Waals surface area contributed by atoms with Gasteiger partial charge in [-0.2, -0.15) is 0 Å². The summed E-state index contributed by atoms with van der Waals surface area (Å²) in [6, 6.07) is 8.62. The third-order valence-corrected chi connectivity index (χ3v) is 4.29. The lowest BCUT2D eigenvalue weighted by Crippen LogP contribution is -2.37. The highest BCUT2D eigenvalue weighted by Crippen LogP contribution is 2.21. The van der Waals surface area contributed by atoms with Crippen LogP contribution in [0.4, 0.5) is 0 Å². The molecule has 1 fully saturated rings. The monoisotopic (exact) mass is 312 g/mol. The molecule has 1 saturated heterocycles. The first-order valence-electron chi connectivity index (χ1n) is 6.60. The number of nitrogens with one attached hydrogen (secondary N) is 1. The summed E-state index contributed by atoms with van der Waals surface area (Å²) in [6.07, 6.45) is 5.95. The number of hydrogen-bond donors (Lipinski definition) is 2. The van der Waals surface area contributed by atoms with Crippen LogP contribution in [-0.4, -0.2) is 18.8 Å². The number of nitrogens with two attached hydrogens (primary N) is 1. The summed E-state index contributed by atoms with van der Waals surface area (Å²) in [5, 5.41) is 0. The third-order valence-electron chi connectivity index (χ3n) is 3.52. The quantitative estimate of drug-likeness (QED) is 0.627. The van der Waals surface area contributed by atoms with E-state index in [1.54, 1.807) is 0 Å². The van der Waals surface area contributed by atoms with Crippen molar-refractivity contribution < 1.29 is 4.74 Å². The van der Waals surface area contributed by atoms with Gasteiger partial charge in [-0.15, -0.1) is 0 Å². The molecular weight excluding hydrogens is 292 g/mol. The maximum Gasteiger partial charge on any atom is 0.0576 e. The Kier molecular flexibility index (Phi) is 5.63.